The van der Waals surface area contributed by atoms with E-state index in [0.29, 0.717) is 11.1 Å². The number of rotatable bonds is 2. The zero-order chi connectivity index (χ0) is 14.0. The van der Waals surface area contributed by atoms with Crippen LogP contribution in [0.25, 0.3) is 11.1 Å². The van der Waals surface area contributed by atoms with E-state index in [1.807, 2.05) is 0 Å². The minimum atomic E-state index is -4.33. The Kier molecular flexibility index (Phi) is 3.42. The van der Waals surface area contributed by atoms with Gasteiger partial charge in [-0.3, -0.25) is 4.79 Å². The number of benzene rings is 2. The van der Waals surface area contributed by atoms with Crippen LogP contribution in [0.5, 0.6) is 0 Å². The van der Waals surface area contributed by atoms with Crippen LogP contribution in [-0.4, -0.2) is 5.78 Å². The third kappa shape index (κ3) is 3.02. The maximum absolute atomic E-state index is 12.4. The maximum Gasteiger partial charge on any atom is 0.416 e. The van der Waals surface area contributed by atoms with E-state index in [0.717, 1.165) is 17.7 Å². The molecule has 0 bridgehead atoms. The van der Waals surface area contributed by atoms with Crippen molar-refractivity contribution in [3.05, 3.63) is 59.7 Å². The van der Waals surface area contributed by atoms with Gasteiger partial charge in [0.1, 0.15) is 0 Å². The Bertz CT molecular complexity index is 598. The van der Waals surface area contributed by atoms with Crippen molar-refractivity contribution >= 4 is 5.78 Å². The highest BCUT2D eigenvalue weighted by atomic mass is 19.4. The second-order valence-electron chi connectivity index (χ2n) is 4.21. The third-order valence-electron chi connectivity index (χ3n) is 2.81. The van der Waals surface area contributed by atoms with E-state index in [9.17, 15) is 18.0 Å². The van der Waals surface area contributed by atoms with Crippen molar-refractivity contribution in [2.75, 3.05) is 0 Å². The SMILES string of the molecule is CC(=O)c1cccc(-c2ccc(C(F)(F)F)cc2)c1. The second kappa shape index (κ2) is 4.88. The van der Waals surface area contributed by atoms with Crippen LogP contribution in [0.2, 0.25) is 0 Å². The minimum absolute atomic E-state index is 0.0752. The highest BCUT2D eigenvalue weighted by molar-refractivity contribution is 5.95. The Labute approximate surface area is 108 Å². The van der Waals surface area contributed by atoms with Crippen molar-refractivity contribution in [3.8, 4) is 11.1 Å². The van der Waals surface area contributed by atoms with E-state index in [4.69, 9.17) is 0 Å². The van der Waals surface area contributed by atoms with Crippen LogP contribution in [0.4, 0.5) is 13.2 Å². The lowest BCUT2D eigenvalue weighted by molar-refractivity contribution is -0.137. The maximum atomic E-state index is 12.4. The summed E-state index contributed by atoms with van der Waals surface area (Å²) in [5.74, 6) is -0.0752. The summed E-state index contributed by atoms with van der Waals surface area (Å²) in [6.07, 6.45) is -4.33. The Hall–Kier alpha value is -2.10. The molecule has 0 aliphatic carbocycles. The summed E-state index contributed by atoms with van der Waals surface area (Å²) in [5.41, 5.74) is 1.23. The molecule has 0 aliphatic rings. The van der Waals surface area contributed by atoms with Crippen LogP contribution < -0.4 is 0 Å². The first-order valence-electron chi connectivity index (χ1n) is 5.66. The Morgan fingerprint density at radius 1 is 0.947 bits per heavy atom. The lowest BCUT2D eigenvalue weighted by Crippen LogP contribution is -2.04. The van der Waals surface area contributed by atoms with Gasteiger partial charge in [-0.15, -0.1) is 0 Å². The number of ketones is 1. The first kappa shape index (κ1) is 13.3. The molecule has 0 heterocycles. The molecule has 98 valence electrons. The number of hydrogen-bond acceptors (Lipinski definition) is 1. The molecular formula is C15H11F3O. The highest BCUT2D eigenvalue weighted by Gasteiger charge is 2.29. The van der Waals surface area contributed by atoms with Crippen molar-refractivity contribution in [2.45, 2.75) is 13.1 Å². The summed E-state index contributed by atoms with van der Waals surface area (Å²) in [5, 5.41) is 0. The van der Waals surface area contributed by atoms with E-state index in [-0.39, 0.29) is 5.78 Å². The average Bonchev–Trinajstić information content (AvgIpc) is 2.38. The van der Waals surface area contributed by atoms with Gasteiger partial charge in [0.05, 0.1) is 5.56 Å². The third-order valence-corrected chi connectivity index (χ3v) is 2.81. The van der Waals surface area contributed by atoms with E-state index < -0.39 is 11.7 Å². The van der Waals surface area contributed by atoms with Crippen LogP contribution in [0.1, 0.15) is 22.8 Å². The monoisotopic (exact) mass is 264 g/mol. The number of hydrogen-bond donors (Lipinski definition) is 0. The molecule has 2 rings (SSSR count). The van der Waals surface area contributed by atoms with E-state index in [2.05, 4.69) is 0 Å². The molecule has 0 saturated heterocycles. The van der Waals surface area contributed by atoms with Crippen LogP contribution >= 0.6 is 0 Å². The molecule has 0 amide bonds. The van der Waals surface area contributed by atoms with Crippen molar-refractivity contribution in [1.82, 2.24) is 0 Å². The molecule has 0 radical (unpaired) electrons. The number of carbonyl (C=O) groups is 1. The van der Waals surface area contributed by atoms with Crippen molar-refractivity contribution in [1.29, 1.82) is 0 Å². The molecule has 0 spiro atoms. The van der Waals surface area contributed by atoms with Gasteiger partial charge in [0.25, 0.3) is 0 Å². The summed E-state index contributed by atoms with van der Waals surface area (Å²) in [6, 6.07) is 11.7. The molecule has 0 saturated carbocycles. The van der Waals surface area contributed by atoms with E-state index in [1.165, 1.54) is 19.1 Å². The normalized spacial score (nSPS) is 11.4. The molecule has 0 fully saturated rings. The summed E-state index contributed by atoms with van der Waals surface area (Å²) in [7, 11) is 0. The van der Waals surface area contributed by atoms with Gasteiger partial charge in [0, 0.05) is 5.56 Å². The number of Topliss-reactive ketones (excluding diaryl/α,β-unsaturated/α-hetero) is 1. The Morgan fingerprint density at radius 2 is 1.58 bits per heavy atom. The molecule has 2 aromatic rings. The summed E-state index contributed by atoms with van der Waals surface area (Å²) in [6.45, 7) is 1.45. The van der Waals surface area contributed by atoms with Gasteiger partial charge in [0.15, 0.2) is 5.78 Å². The molecular weight excluding hydrogens is 253 g/mol. The van der Waals surface area contributed by atoms with Crippen molar-refractivity contribution in [3.63, 3.8) is 0 Å². The molecule has 0 aromatic heterocycles. The van der Waals surface area contributed by atoms with Crippen LogP contribution in [0, 0.1) is 0 Å². The summed E-state index contributed by atoms with van der Waals surface area (Å²) < 4.78 is 37.3. The standard InChI is InChI=1S/C15H11F3O/c1-10(19)12-3-2-4-13(9-12)11-5-7-14(8-6-11)15(16,17)18/h2-9H,1H3. The largest absolute Gasteiger partial charge is 0.416 e. The smallest absolute Gasteiger partial charge is 0.295 e. The zero-order valence-electron chi connectivity index (χ0n) is 10.2. The molecule has 4 heteroatoms. The van der Waals surface area contributed by atoms with Gasteiger partial charge in [-0.1, -0.05) is 30.3 Å². The topological polar surface area (TPSA) is 17.1 Å². The Morgan fingerprint density at radius 3 is 2.11 bits per heavy atom. The lowest BCUT2D eigenvalue weighted by Gasteiger charge is -2.08. The van der Waals surface area contributed by atoms with Gasteiger partial charge in [-0.25, -0.2) is 0 Å². The molecule has 0 N–H and O–H groups in total. The van der Waals surface area contributed by atoms with Crippen molar-refractivity contribution < 1.29 is 18.0 Å². The van der Waals surface area contributed by atoms with E-state index in [1.54, 1.807) is 24.3 Å². The number of alkyl halides is 3. The lowest BCUT2D eigenvalue weighted by atomic mass is 10.0. The minimum Gasteiger partial charge on any atom is -0.295 e. The van der Waals surface area contributed by atoms with Crippen LogP contribution in [0.15, 0.2) is 48.5 Å². The summed E-state index contributed by atoms with van der Waals surface area (Å²) >= 11 is 0. The first-order chi connectivity index (χ1) is 8.88. The predicted molar refractivity (Wildman–Crippen MR) is 66.9 cm³/mol. The van der Waals surface area contributed by atoms with Crippen LogP contribution in [0.3, 0.4) is 0 Å². The average molecular weight is 264 g/mol. The van der Waals surface area contributed by atoms with Gasteiger partial charge in [-0.05, 0) is 36.2 Å². The van der Waals surface area contributed by atoms with Crippen LogP contribution in [-0.2, 0) is 6.18 Å². The quantitative estimate of drug-likeness (QED) is 0.726. The fourth-order valence-electron chi connectivity index (χ4n) is 1.77. The number of carbonyl (C=O) groups excluding carboxylic acids is 1. The molecule has 1 nitrogen and oxygen atoms in total. The molecule has 0 unspecified atom stereocenters. The van der Waals surface area contributed by atoms with Crippen molar-refractivity contribution in [2.24, 2.45) is 0 Å². The fraction of sp³-hybridized carbons (Fsp3) is 0.133. The van der Waals surface area contributed by atoms with Gasteiger partial charge in [0.2, 0.25) is 0 Å². The van der Waals surface area contributed by atoms with Gasteiger partial charge in [-0.2, -0.15) is 13.2 Å². The van der Waals surface area contributed by atoms with Gasteiger partial charge >= 0.3 is 6.18 Å². The summed E-state index contributed by atoms with van der Waals surface area (Å²) in [4.78, 5) is 11.3. The first-order valence-corrected chi connectivity index (χ1v) is 5.66. The Balaban J connectivity index is 2.37. The highest BCUT2D eigenvalue weighted by Crippen LogP contribution is 2.31. The second-order valence-corrected chi connectivity index (χ2v) is 4.21. The fourth-order valence-corrected chi connectivity index (χ4v) is 1.77. The molecule has 0 aliphatic heterocycles. The molecule has 19 heavy (non-hydrogen) atoms. The van der Waals surface area contributed by atoms with Gasteiger partial charge < -0.3 is 0 Å². The zero-order valence-corrected chi connectivity index (χ0v) is 10.2. The molecule has 0 atom stereocenters. The molecule has 2 aromatic carbocycles. The predicted octanol–water partition coefficient (Wildman–Crippen LogP) is 4.58. The van der Waals surface area contributed by atoms with E-state index >= 15 is 0 Å². The number of halogens is 3.